The monoisotopic (exact) mass is 246 g/mol. The first-order valence-electron chi connectivity index (χ1n) is 5.07. The van der Waals surface area contributed by atoms with E-state index in [2.05, 4.69) is 5.43 Å². The Morgan fingerprint density at radius 1 is 1.41 bits per heavy atom. The zero-order chi connectivity index (χ0) is 13.1. The minimum atomic E-state index is -4.41. The number of hydrazine groups is 1. The molecule has 0 spiro atoms. The highest BCUT2D eigenvalue weighted by molar-refractivity contribution is 5.92. The van der Waals surface area contributed by atoms with Gasteiger partial charge in [0.2, 0.25) is 5.91 Å². The molecule has 0 unspecified atom stereocenters. The van der Waals surface area contributed by atoms with Crippen molar-refractivity contribution in [2.75, 3.05) is 12.1 Å². The zero-order valence-electron chi connectivity index (χ0n) is 9.51. The maximum Gasteiger partial charge on any atom is 0.416 e. The Balaban J connectivity index is 3.10. The summed E-state index contributed by atoms with van der Waals surface area (Å²) in [4.78, 5) is 11.5. The number of anilines is 1. The van der Waals surface area contributed by atoms with Crippen molar-refractivity contribution in [3.8, 4) is 0 Å². The Kier molecular flexibility index (Phi) is 4.11. The average Bonchev–Trinajstić information content (AvgIpc) is 2.29. The molecular weight excluding hydrogens is 233 g/mol. The quantitative estimate of drug-likeness (QED) is 0.831. The third kappa shape index (κ3) is 3.20. The van der Waals surface area contributed by atoms with E-state index in [1.165, 1.54) is 19.2 Å². The number of hydrogen-bond acceptors (Lipinski definition) is 2. The number of carbonyl (C=O) groups excluding carboxylic acids is 1. The van der Waals surface area contributed by atoms with Gasteiger partial charge in [-0.05, 0) is 18.2 Å². The molecule has 0 saturated heterocycles. The summed E-state index contributed by atoms with van der Waals surface area (Å²) >= 11 is 0. The van der Waals surface area contributed by atoms with Crippen LogP contribution in [0.2, 0.25) is 0 Å². The number of alkyl halides is 3. The lowest BCUT2D eigenvalue weighted by molar-refractivity contribution is -0.137. The summed E-state index contributed by atoms with van der Waals surface area (Å²) < 4.78 is 37.5. The molecule has 0 fully saturated rings. The molecule has 0 radical (unpaired) electrons. The summed E-state index contributed by atoms with van der Waals surface area (Å²) in [5.74, 6) is -0.299. The van der Waals surface area contributed by atoms with E-state index in [0.29, 0.717) is 0 Å². The number of nitrogens with zero attached hydrogens (tertiary/aromatic N) is 1. The topological polar surface area (TPSA) is 32.3 Å². The number of benzene rings is 1. The zero-order valence-corrected chi connectivity index (χ0v) is 9.51. The van der Waals surface area contributed by atoms with Crippen molar-refractivity contribution in [3.05, 3.63) is 29.8 Å². The van der Waals surface area contributed by atoms with Crippen LogP contribution in [0.25, 0.3) is 0 Å². The smallest absolute Gasteiger partial charge is 0.273 e. The second kappa shape index (κ2) is 5.18. The molecule has 0 atom stereocenters. The molecule has 0 bridgehead atoms. The molecule has 17 heavy (non-hydrogen) atoms. The molecule has 1 amide bonds. The van der Waals surface area contributed by atoms with Crippen molar-refractivity contribution in [2.24, 2.45) is 0 Å². The number of amides is 1. The van der Waals surface area contributed by atoms with Crippen molar-refractivity contribution in [1.82, 2.24) is 5.43 Å². The Bertz CT molecular complexity index is 404. The molecule has 1 rings (SSSR count). The minimum absolute atomic E-state index is 0.175. The highest BCUT2D eigenvalue weighted by Gasteiger charge is 2.31. The van der Waals surface area contributed by atoms with E-state index in [4.69, 9.17) is 0 Å². The van der Waals surface area contributed by atoms with E-state index >= 15 is 0 Å². The third-order valence-corrected chi connectivity index (χ3v) is 2.21. The van der Waals surface area contributed by atoms with Crippen LogP contribution in [0.3, 0.4) is 0 Å². The first kappa shape index (κ1) is 13.5. The van der Waals surface area contributed by atoms with E-state index in [9.17, 15) is 18.0 Å². The van der Waals surface area contributed by atoms with Gasteiger partial charge in [-0.1, -0.05) is 13.0 Å². The van der Waals surface area contributed by atoms with Gasteiger partial charge in [0.25, 0.3) is 0 Å². The van der Waals surface area contributed by atoms with Gasteiger partial charge in [0.05, 0.1) is 11.3 Å². The summed E-state index contributed by atoms with van der Waals surface area (Å²) in [6, 6.07) is 4.61. The molecule has 0 heterocycles. The Morgan fingerprint density at radius 3 is 2.53 bits per heavy atom. The average molecular weight is 246 g/mol. The van der Waals surface area contributed by atoms with Gasteiger partial charge in [-0.3, -0.25) is 4.79 Å². The van der Waals surface area contributed by atoms with Crippen molar-refractivity contribution in [2.45, 2.75) is 19.5 Å². The first-order chi connectivity index (χ1) is 7.90. The fourth-order valence-electron chi connectivity index (χ4n) is 1.38. The van der Waals surface area contributed by atoms with Gasteiger partial charge in [-0.2, -0.15) is 13.2 Å². The van der Waals surface area contributed by atoms with Crippen LogP contribution in [-0.4, -0.2) is 13.0 Å². The molecule has 1 N–H and O–H groups in total. The Labute approximate surface area is 97.2 Å². The third-order valence-electron chi connectivity index (χ3n) is 2.21. The second-order valence-electron chi connectivity index (χ2n) is 3.35. The number of nitrogens with one attached hydrogen (secondary N) is 1. The highest BCUT2D eigenvalue weighted by Crippen LogP contribution is 2.31. The molecule has 1 aromatic rings. The molecule has 0 aliphatic rings. The van der Waals surface area contributed by atoms with Crippen LogP contribution >= 0.6 is 0 Å². The molecule has 6 heteroatoms. The molecule has 0 aliphatic heterocycles. The molecular formula is C11H13F3N2O. The van der Waals surface area contributed by atoms with Gasteiger partial charge in [0.1, 0.15) is 0 Å². The fourth-order valence-corrected chi connectivity index (χ4v) is 1.38. The van der Waals surface area contributed by atoms with Gasteiger partial charge in [0, 0.05) is 13.5 Å². The Hall–Kier alpha value is -1.56. The summed E-state index contributed by atoms with van der Waals surface area (Å²) in [5.41, 5.74) is 1.96. The number of carbonyl (C=O) groups is 1. The van der Waals surface area contributed by atoms with Crippen LogP contribution in [0.1, 0.15) is 18.9 Å². The van der Waals surface area contributed by atoms with Gasteiger partial charge in [-0.25, -0.2) is 10.4 Å². The minimum Gasteiger partial charge on any atom is -0.273 e. The van der Waals surface area contributed by atoms with E-state index in [1.54, 1.807) is 6.92 Å². The van der Waals surface area contributed by atoms with Gasteiger partial charge in [-0.15, -0.1) is 0 Å². The molecule has 0 aromatic heterocycles. The van der Waals surface area contributed by atoms with E-state index < -0.39 is 11.7 Å². The standard InChI is InChI=1S/C11H13F3N2O/c1-3-10(17)16(15-2)9-6-4-5-8(7-9)11(12,13)14/h4-7,15H,3H2,1-2H3. The SMILES string of the molecule is CCC(=O)N(NC)c1cccc(C(F)(F)F)c1. The number of rotatable bonds is 3. The molecule has 0 aliphatic carbocycles. The summed E-state index contributed by atoms with van der Waals surface area (Å²) in [5, 5.41) is 1.09. The van der Waals surface area contributed by atoms with Crippen LogP contribution in [0, 0.1) is 0 Å². The van der Waals surface area contributed by atoms with Crippen molar-refractivity contribution in [3.63, 3.8) is 0 Å². The predicted octanol–water partition coefficient (Wildman–Crippen LogP) is 2.58. The van der Waals surface area contributed by atoms with E-state index in [0.717, 1.165) is 17.1 Å². The van der Waals surface area contributed by atoms with Crippen LogP contribution < -0.4 is 10.4 Å². The highest BCUT2D eigenvalue weighted by atomic mass is 19.4. The van der Waals surface area contributed by atoms with Crippen LogP contribution in [0.4, 0.5) is 18.9 Å². The van der Waals surface area contributed by atoms with Gasteiger partial charge in [0.15, 0.2) is 0 Å². The maximum atomic E-state index is 12.5. The second-order valence-corrected chi connectivity index (χ2v) is 3.35. The molecule has 94 valence electrons. The van der Waals surface area contributed by atoms with E-state index in [-0.39, 0.29) is 18.0 Å². The lowest BCUT2D eigenvalue weighted by Gasteiger charge is -2.21. The fraction of sp³-hybridized carbons (Fsp3) is 0.364. The normalized spacial score (nSPS) is 11.4. The van der Waals surface area contributed by atoms with Crippen LogP contribution in [-0.2, 0) is 11.0 Å². The molecule has 3 nitrogen and oxygen atoms in total. The lowest BCUT2D eigenvalue weighted by Crippen LogP contribution is -2.40. The first-order valence-corrected chi connectivity index (χ1v) is 5.07. The maximum absolute atomic E-state index is 12.5. The number of halogens is 3. The molecule has 1 aromatic carbocycles. The van der Waals surface area contributed by atoms with Crippen LogP contribution in [0.5, 0.6) is 0 Å². The van der Waals surface area contributed by atoms with Crippen LogP contribution in [0.15, 0.2) is 24.3 Å². The van der Waals surface area contributed by atoms with Crippen molar-refractivity contribution in [1.29, 1.82) is 0 Å². The Morgan fingerprint density at radius 2 is 2.06 bits per heavy atom. The van der Waals surface area contributed by atoms with Crippen molar-refractivity contribution < 1.29 is 18.0 Å². The predicted molar refractivity (Wildman–Crippen MR) is 58.3 cm³/mol. The van der Waals surface area contributed by atoms with Gasteiger partial charge < -0.3 is 0 Å². The van der Waals surface area contributed by atoms with Crippen molar-refractivity contribution >= 4 is 11.6 Å². The van der Waals surface area contributed by atoms with Gasteiger partial charge >= 0.3 is 6.18 Å². The lowest BCUT2D eigenvalue weighted by atomic mass is 10.2. The summed E-state index contributed by atoms with van der Waals surface area (Å²) in [7, 11) is 1.48. The number of hydrogen-bond donors (Lipinski definition) is 1. The largest absolute Gasteiger partial charge is 0.416 e. The summed E-state index contributed by atoms with van der Waals surface area (Å²) in [6.45, 7) is 1.64. The van der Waals surface area contributed by atoms with E-state index in [1.807, 2.05) is 0 Å². The summed E-state index contributed by atoms with van der Waals surface area (Å²) in [6.07, 6.45) is -4.21. The molecule has 0 saturated carbocycles.